The molecule has 3 heterocycles. The molecule has 0 saturated carbocycles. The molecule has 0 saturated heterocycles. The Balaban J connectivity index is 1.69. The van der Waals surface area contributed by atoms with Gasteiger partial charge in [-0.3, -0.25) is 0 Å². The third-order valence-corrected chi connectivity index (χ3v) is 4.27. The summed E-state index contributed by atoms with van der Waals surface area (Å²) in [6.07, 6.45) is 2.60. The normalized spacial score (nSPS) is 13.0. The van der Waals surface area contributed by atoms with E-state index in [0.29, 0.717) is 22.8 Å². The molecule has 0 unspecified atom stereocenters. The van der Waals surface area contributed by atoms with E-state index in [2.05, 4.69) is 20.2 Å². The lowest BCUT2D eigenvalue weighted by Crippen LogP contribution is -1.99. The highest BCUT2D eigenvalue weighted by atomic mass is 32.2. The first-order chi connectivity index (χ1) is 12.0. The monoisotopic (exact) mass is 360 g/mol. The van der Waals surface area contributed by atoms with Crippen molar-refractivity contribution in [2.45, 2.75) is 5.16 Å². The molecule has 0 fully saturated rings. The average Bonchev–Trinajstić information content (AvgIpc) is 3.24. The lowest BCUT2D eigenvalue weighted by Gasteiger charge is -2.08. The minimum Gasteiger partial charge on any atom is -0.454 e. The summed E-state index contributed by atoms with van der Waals surface area (Å²) in [6, 6.07) is 8.49. The average molecular weight is 360 g/mol. The van der Waals surface area contributed by atoms with E-state index in [4.69, 9.17) is 14.2 Å². The number of H-pyrrole nitrogens is 1. The molecule has 128 valence electrons. The molecule has 10 heteroatoms. The van der Waals surface area contributed by atoms with E-state index in [-0.39, 0.29) is 23.7 Å². The zero-order valence-electron chi connectivity index (χ0n) is 13.0. The van der Waals surface area contributed by atoms with E-state index < -0.39 is 9.84 Å². The Labute approximate surface area is 142 Å². The van der Waals surface area contributed by atoms with E-state index >= 15 is 0 Å². The van der Waals surface area contributed by atoms with E-state index in [1.54, 1.807) is 36.5 Å². The van der Waals surface area contributed by atoms with Crippen LogP contribution in [0.4, 0.5) is 0 Å². The van der Waals surface area contributed by atoms with Crippen molar-refractivity contribution in [3.8, 4) is 34.5 Å². The Morgan fingerprint density at radius 2 is 2.04 bits per heavy atom. The van der Waals surface area contributed by atoms with E-state index in [9.17, 15) is 8.42 Å². The Morgan fingerprint density at radius 3 is 2.84 bits per heavy atom. The first-order valence-electron chi connectivity index (χ1n) is 7.16. The predicted molar refractivity (Wildman–Crippen MR) is 85.4 cm³/mol. The number of pyridine rings is 1. The second kappa shape index (κ2) is 5.74. The van der Waals surface area contributed by atoms with Crippen LogP contribution in [0.15, 0.2) is 41.7 Å². The van der Waals surface area contributed by atoms with Gasteiger partial charge in [-0.1, -0.05) is 0 Å². The van der Waals surface area contributed by atoms with E-state index in [0.717, 1.165) is 6.26 Å². The van der Waals surface area contributed by atoms with Crippen molar-refractivity contribution in [1.29, 1.82) is 0 Å². The SMILES string of the molecule is CS(=O)(=O)c1nc(-c2cccnc2Oc2ccc3c(c2)OCO3)n[nH]1. The third-order valence-electron chi connectivity index (χ3n) is 3.39. The zero-order chi connectivity index (χ0) is 17.4. The molecule has 1 aliphatic rings. The van der Waals surface area contributed by atoms with Crippen molar-refractivity contribution in [1.82, 2.24) is 20.2 Å². The molecule has 1 aromatic carbocycles. The predicted octanol–water partition coefficient (Wildman–Crippen LogP) is 1.79. The van der Waals surface area contributed by atoms with E-state index in [1.165, 1.54) is 0 Å². The second-order valence-corrected chi connectivity index (χ2v) is 7.14. The van der Waals surface area contributed by atoms with Gasteiger partial charge in [0.05, 0.1) is 5.56 Å². The van der Waals surface area contributed by atoms with Gasteiger partial charge in [0.2, 0.25) is 27.7 Å². The quantitative estimate of drug-likeness (QED) is 0.748. The fourth-order valence-corrected chi connectivity index (χ4v) is 2.69. The maximum atomic E-state index is 11.6. The molecule has 0 bridgehead atoms. The summed E-state index contributed by atoms with van der Waals surface area (Å²) in [6.45, 7) is 0.166. The molecule has 3 aromatic rings. The minimum atomic E-state index is -3.49. The van der Waals surface area contributed by atoms with Crippen molar-refractivity contribution in [3.05, 3.63) is 36.5 Å². The first-order valence-corrected chi connectivity index (χ1v) is 9.05. The van der Waals surface area contributed by atoms with Crippen molar-refractivity contribution in [2.24, 2.45) is 0 Å². The summed E-state index contributed by atoms with van der Waals surface area (Å²) in [5, 5.41) is 6.11. The number of sulfone groups is 1. The maximum absolute atomic E-state index is 11.6. The van der Waals surface area contributed by atoms with Gasteiger partial charge in [0.25, 0.3) is 0 Å². The van der Waals surface area contributed by atoms with Gasteiger partial charge in [0.1, 0.15) is 5.75 Å². The van der Waals surface area contributed by atoms with Gasteiger partial charge in [-0.15, -0.1) is 0 Å². The van der Waals surface area contributed by atoms with Crippen LogP contribution < -0.4 is 14.2 Å². The van der Waals surface area contributed by atoms with Gasteiger partial charge in [-0.2, -0.15) is 10.1 Å². The fraction of sp³-hybridized carbons (Fsp3) is 0.133. The summed E-state index contributed by atoms with van der Waals surface area (Å²) >= 11 is 0. The maximum Gasteiger partial charge on any atom is 0.243 e. The first kappa shape index (κ1) is 15.4. The molecule has 0 atom stereocenters. The smallest absolute Gasteiger partial charge is 0.243 e. The highest BCUT2D eigenvalue weighted by Gasteiger charge is 2.19. The number of benzene rings is 1. The van der Waals surface area contributed by atoms with Gasteiger partial charge in [-0.05, 0) is 24.3 Å². The van der Waals surface area contributed by atoms with Crippen LogP contribution in [0, 0.1) is 0 Å². The van der Waals surface area contributed by atoms with Crippen LogP contribution in [0.25, 0.3) is 11.4 Å². The van der Waals surface area contributed by atoms with Crippen molar-refractivity contribution >= 4 is 9.84 Å². The molecular weight excluding hydrogens is 348 g/mol. The summed E-state index contributed by atoms with van der Waals surface area (Å²) in [7, 11) is -3.49. The van der Waals surface area contributed by atoms with Crippen molar-refractivity contribution in [2.75, 3.05) is 13.0 Å². The van der Waals surface area contributed by atoms with Gasteiger partial charge >= 0.3 is 0 Å². The van der Waals surface area contributed by atoms with Crippen LogP contribution in [-0.4, -0.2) is 41.6 Å². The summed E-state index contributed by atoms with van der Waals surface area (Å²) in [5.41, 5.74) is 0.450. The topological polar surface area (TPSA) is 116 Å². The number of fused-ring (bicyclic) bond motifs is 1. The molecule has 0 aliphatic carbocycles. The van der Waals surface area contributed by atoms with E-state index in [1.807, 2.05) is 0 Å². The van der Waals surface area contributed by atoms with Crippen LogP contribution in [0.3, 0.4) is 0 Å². The Bertz CT molecular complexity index is 1050. The molecule has 0 radical (unpaired) electrons. The lowest BCUT2D eigenvalue weighted by molar-refractivity contribution is 0.174. The molecule has 0 spiro atoms. The standard InChI is InChI=1S/C15H12N4O5S/c1-25(20,21)15-17-13(18-19-15)10-3-2-6-16-14(10)24-9-4-5-11-12(7-9)23-8-22-11/h2-7H,8H2,1H3,(H,17,18,19). The number of hydrogen-bond acceptors (Lipinski definition) is 8. The molecule has 4 rings (SSSR count). The minimum absolute atomic E-state index is 0.166. The Kier molecular flexibility index (Phi) is 3.53. The van der Waals surface area contributed by atoms with Crippen LogP contribution in [0.2, 0.25) is 0 Å². The number of aromatic amines is 1. The van der Waals surface area contributed by atoms with Gasteiger partial charge in [0, 0.05) is 18.5 Å². The van der Waals surface area contributed by atoms with Crippen molar-refractivity contribution in [3.63, 3.8) is 0 Å². The highest BCUT2D eigenvalue weighted by Crippen LogP contribution is 2.37. The highest BCUT2D eigenvalue weighted by molar-refractivity contribution is 7.90. The molecule has 25 heavy (non-hydrogen) atoms. The van der Waals surface area contributed by atoms with Gasteiger partial charge in [-0.25, -0.2) is 18.5 Å². The largest absolute Gasteiger partial charge is 0.454 e. The molecule has 9 nitrogen and oxygen atoms in total. The number of aromatic nitrogens is 4. The summed E-state index contributed by atoms with van der Waals surface area (Å²) in [4.78, 5) is 8.17. The lowest BCUT2D eigenvalue weighted by atomic mass is 10.2. The number of ether oxygens (including phenoxy) is 3. The molecule has 1 aliphatic heterocycles. The zero-order valence-corrected chi connectivity index (χ0v) is 13.8. The Morgan fingerprint density at radius 1 is 1.20 bits per heavy atom. The molecule has 0 amide bonds. The van der Waals surface area contributed by atoms with Crippen LogP contribution in [0.1, 0.15) is 0 Å². The van der Waals surface area contributed by atoms with Crippen LogP contribution >= 0.6 is 0 Å². The number of nitrogens with zero attached hydrogens (tertiary/aromatic N) is 3. The Hall–Kier alpha value is -3.14. The van der Waals surface area contributed by atoms with Gasteiger partial charge < -0.3 is 14.2 Å². The summed E-state index contributed by atoms with van der Waals surface area (Å²) < 4.78 is 39.5. The number of hydrogen-bond donors (Lipinski definition) is 1. The number of rotatable bonds is 4. The molecule has 2 aromatic heterocycles. The second-order valence-electron chi connectivity index (χ2n) is 5.21. The third kappa shape index (κ3) is 2.98. The molecule has 1 N–H and O–H groups in total. The number of nitrogens with one attached hydrogen (secondary N) is 1. The van der Waals surface area contributed by atoms with Gasteiger partial charge in [0.15, 0.2) is 17.3 Å². The van der Waals surface area contributed by atoms with Crippen LogP contribution in [0.5, 0.6) is 23.1 Å². The van der Waals surface area contributed by atoms with Crippen LogP contribution in [-0.2, 0) is 9.84 Å². The fourth-order valence-electron chi connectivity index (χ4n) is 2.23. The van der Waals surface area contributed by atoms with Crippen molar-refractivity contribution < 1.29 is 22.6 Å². The summed E-state index contributed by atoms with van der Waals surface area (Å²) in [5.74, 6) is 2.11. The molecular formula is C15H12N4O5S.